The first-order valence-electron chi connectivity index (χ1n) is 5.55. The molecule has 3 N–H and O–H groups in total. The zero-order chi connectivity index (χ0) is 14.3. The van der Waals surface area contributed by atoms with Crippen LogP contribution in [0.3, 0.4) is 0 Å². The molecule has 0 fully saturated rings. The van der Waals surface area contributed by atoms with Gasteiger partial charge in [-0.2, -0.15) is 0 Å². The van der Waals surface area contributed by atoms with Gasteiger partial charge in [0, 0.05) is 30.8 Å². The van der Waals surface area contributed by atoms with Crippen molar-refractivity contribution in [3.8, 4) is 5.75 Å². The van der Waals surface area contributed by atoms with E-state index >= 15 is 0 Å². The van der Waals surface area contributed by atoms with Gasteiger partial charge in [-0.15, -0.1) is 0 Å². The van der Waals surface area contributed by atoms with Crippen LogP contribution in [0.1, 0.15) is 10.4 Å². The number of benzene rings is 1. The standard InChI is InChI=1S/C12H15N3O4/c1-19-11-8-9(4-5-10(11)15(17)18)12(16)14-7-3-2-6-13/h2-5,8H,6-7,13H2,1H3,(H,14,16)/b3-2+. The molecule has 0 aliphatic rings. The third-order valence-electron chi connectivity index (χ3n) is 2.32. The Morgan fingerprint density at radius 3 is 2.84 bits per heavy atom. The minimum atomic E-state index is -0.565. The zero-order valence-corrected chi connectivity index (χ0v) is 10.5. The van der Waals surface area contributed by atoms with Crippen LogP contribution in [0, 0.1) is 10.1 Å². The lowest BCUT2D eigenvalue weighted by molar-refractivity contribution is -0.385. The highest BCUT2D eigenvalue weighted by Gasteiger charge is 2.16. The molecule has 0 atom stereocenters. The molecule has 1 aromatic carbocycles. The number of nitro groups is 1. The van der Waals surface area contributed by atoms with Crippen molar-refractivity contribution in [3.63, 3.8) is 0 Å². The number of nitro benzene ring substituents is 1. The molecule has 19 heavy (non-hydrogen) atoms. The number of hydrogen-bond donors (Lipinski definition) is 2. The van der Waals surface area contributed by atoms with E-state index in [4.69, 9.17) is 10.5 Å². The number of carbonyl (C=O) groups is 1. The fraction of sp³-hybridized carbons (Fsp3) is 0.250. The van der Waals surface area contributed by atoms with Crippen molar-refractivity contribution >= 4 is 11.6 Å². The van der Waals surface area contributed by atoms with Crippen molar-refractivity contribution in [1.29, 1.82) is 0 Å². The van der Waals surface area contributed by atoms with Gasteiger partial charge in [-0.3, -0.25) is 14.9 Å². The van der Waals surface area contributed by atoms with Gasteiger partial charge >= 0.3 is 5.69 Å². The molecule has 0 unspecified atom stereocenters. The first-order valence-corrected chi connectivity index (χ1v) is 5.55. The molecule has 0 radical (unpaired) electrons. The Morgan fingerprint density at radius 1 is 1.53 bits per heavy atom. The second kappa shape index (κ2) is 7.12. The summed E-state index contributed by atoms with van der Waals surface area (Å²) < 4.78 is 4.89. The Balaban J connectivity index is 2.81. The minimum absolute atomic E-state index is 0.0511. The van der Waals surface area contributed by atoms with E-state index in [1.54, 1.807) is 12.2 Å². The number of hydrogen-bond acceptors (Lipinski definition) is 5. The van der Waals surface area contributed by atoms with Crippen molar-refractivity contribution in [1.82, 2.24) is 5.32 Å². The van der Waals surface area contributed by atoms with Crippen LogP contribution in [-0.2, 0) is 0 Å². The normalized spacial score (nSPS) is 10.4. The highest BCUT2D eigenvalue weighted by molar-refractivity contribution is 5.95. The first-order chi connectivity index (χ1) is 9.10. The van der Waals surface area contributed by atoms with Gasteiger partial charge < -0.3 is 15.8 Å². The van der Waals surface area contributed by atoms with Gasteiger partial charge in [0.2, 0.25) is 0 Å². The van der Waals surface area contributed by atoms with E-state index in [1.165, 1.54) is 25.3 Å². The molecule has 7 heteroatoms. The van der Waals surface area contributed by atoms with Gasteiger partial charge in [0.05, 0.1) is 12.0 Å². The number of ether oxygens (including phenoxy) is 1. The van der Waals surface area contributed by atoms with Crippen LogP contribution < -0.4 is 15.8 Å². The second-order valence-corrected chi connectivity index (χ2v) is 3.56. The van der Waals surface area contributed by atoms with Crippen molar-refractivity contribution in [2.24, 2.45) is 5.73 Å². The zero-order valence-electron chi connectivity index (χ0n) is 10.5. The molecule has 0 bridgehead atoms. The number of rotatable bonds is 6. The predicted octanol–water partition coefficient (Wildman–Crippen LogP) is 0.848. The van der Waals surface area contributed by atoms with E-state index in [0.717, 1.165) is 0 Å². The molecule has 102 valence electrons. The summed E-state index contributed by atoms with van der Waals surface area (Å²) in [6, 6.07) is 3.95. The Bertz CT molecular complexity index is 500. The number of carbonyl (C=O) groups excluding carboxylic acids is 1. The monoisotopic (exact) mass is 265 g/mol. The number of methoxy groups -OCH3 is 1. The van der Waals surface area contributed by atoms with E-state index in [1.807, 2.05) is 0 Å². The van der Waals surface area contributed by atoms with Crippen molar-refractivity contribution in [3.05, 3.63) is 46.0 Å². The lowest BCUT2D eigenvalue weighted by atomic mass is 10.1. The quantitative estimate of drug-likeness (QED) is 0.450. The summed E-state index contributed by atoms with van der Waals surface area (Å²) in [6.07, 6.45) is 3.44. The van der Waals surface area contributed by atoms with E-state index in [-0.39, 0.29) is 17.3 Å². The number of nitrogens with two attached hydrogens (primary N) is 1. The van der Waals surface area contributed by atoms with Crippen LogP contribution in [0.4, 0.5) is 5.69 Å². The first kappa shape index (κ1) is 14.7. The van der Waals surface area contributed by atoms with E-state index in [9.17, 15) is 14.9 Å². The Kier molecular flexibility index (Phi) is 5.49. The molecule has 0 aromatic heterocycles. The maximum Gasteiger partial charge on any atom is 0.310 e. The summed E-state index contributed by atoms with van der Waals surface area (Å²) in [4.78, 5) is 21.9. The summed E-state index contributed by atoms with van der Waals surface area (Å²) in [5.74, 6) is -0.287. The third-order valence-corrected chi connectivity index (χ3v) is 2.32. The van der Waals surface area contributed by atoms with Crippen LogP contribution in [0.15, 0.2) is 30.4 Å². The van der Waals surface area contributed by atoms with Crippen LogP contribution in [0.5, 0.6) is 5.75 Å². The molecule has 7 nitrogen and oxygen atoms in total. The number of nitrogens with zero attached hydrogens (tertiary/aromatic N) is 1. The van der Waals surface area contributed by atoms with E-state index in [2.05, 4.69) is 5.32 Å². The number of amides is 1. The summed E-state index contributed by atoms with van der Waals surface area (Å²) in [5, 5.41) is 13.3. The van der Waals surface area contributed by atoms with Gasteiger partial charge in [0.15, 0.2) is 5.75 Å². The molecule has 1 amide bonds. The second-order valence-electron chi connectivity index (χ2n) is 3.56. The van der Waals surface area contributed by atoms with Crippen LogP contribution >= 0.6 is 0 Å². The van der Waals surface area contributed by atoms with Gasteiger partial charge in [-0.1, -0.05) is 12.2 Å². The van der Waals surface area contributed by atoms with Crippen molar-refractivity contribution in [2.45, 2.75) is 0 Å². The number of nitrogens with one attached hydrogen (secondary N) is 1. The Labute approximate surface area is 110 Å². The van der Waals surface area contributed by atoms with E-state index in [0.29, 0.717) is 18.7 Å². The lowest BCUT2D eigenvalue weighted by Crippen LogP contribution is -2.23. The van der Waals surface area contributed by atoms with Gasteiger partial charge in [-0.05, 0) is 6.07 Å². The van der Waals surface area contributed by atoms with Gasteiger partial charge in [-0.25, -0.2) is 0 Å². The van der Waals surface area contributed by atoms with Crippen LogP contribution in [0.25, 0.3) is 0 Å². The third kappa shape index (κ3) is 4.07. The predicted molar refractivity (Wildman–Crippen MR) is 70.2 cm³/mol. The maximum atomic E-state index is 11.8. The van der Waals surface area contributed by atoms with Crippen molar-refractivity contribution in [2.75, 3.05) is 20.2 Å². The average Bonchev–Trinajstić information content (AvgIpc) is 2.42. The molecular formula is C12H15N3O4. The Hall–Kier alpha value is -2.41. The molecule has 0 heterocycles. The summed E-state index contributed by atoms with van der Waals surface area (Å²) in [7, 11) is 1.31. The van der Waals surface area contributed by atoms with Gasteiger partial charge in [0.25, 0.3) is 5.91 Å². The minimum Gasteiger partial charge on any atom is -0.490 e. The molecule has 0 spiro atoms. The Morgan fingerprint density at radius 2 is 2.26 bits per heavy atom. The highest BCUT2D eigenvalue weighted by atomic mass is 16.6. The smallest absolute Gasteiger partial charge is 0.310 e. The highest BCUT2D eigenvalue weighted by Crippen LogP contribution is 2.27. The van der Waals surface area contributed by atoms with Crippen LogP contribution in [0.2, 0.25) is 0 Å². The summed E-state index contributed by atoms with van der Waals surface area (Å²) >= 11 is 0. The summed E-state index contributed by atoms with van der Waals surface area (Å²) in [6.45, 7) is 0.747. The molecule has 0 saturated heterocycles. The van der Waals surface area contributed by atoms with E-state index < -0.39 is 4.92 Å². The maximum absolute atomic E-state index is 11.8. The fourth-order valence-corrected chi connectivity index (χ4v) is 1.40. The summed E-state index contributed by atoms with van der Waals surface area (Å²) in [5.41, 5.74) is 5.38. The topological polar surface area (TPSA) is 107 Å². The largest absolute Gasteiger partial charge is 0.490 e. The SMILES string of the molecule is COc1cc(C(=O)NC/C=C/CN)ccc1[N+](=O)[O-]. The fourth-order valence-electron chi connectivity index (χ4n) is 1.40. The van der Waals surface area contributed by atoms with Crippen LogP contribution in [-0.4, -0.2) is 31.0 Å². The molecule has 0 aliphatic carbocycles. The molecule has 1 rings (SSSR count). The molecule has 0 aliphatic heterocycles. The van der Waals surface area contributed by atoms with Gasteiger partial charge in [0.1, 0.15) is 0 Å². The molecule has 0 saturated carbocycles. The molecule has 1 aromatic rings. The van der Waals surface area contributed by atoms with Crippen molar-refractivity contribution < 1.29 is 14.5 Å². The lowest BCUT2D eigenvalue weighted by Gasteiger charge is -2.05. The average molecular weight is 265 g/mol. The molecular weight excluding hydrogens is 250 g/mol.